The van der Waals surface area contributed by atoms with Crippen LogP contribution in [0.15, 0.2) is 187 Å². The zero-order chi connectivity index (χ0) is 47.9. The number of aliphatic hydroxyl groups excluding tert-OH is 2. The summed E-state index contributed by atoms with van der Waals surface area (Å²) in [6, 6.07) is 56.4. The lowest BCUT2D eigenvalue weighted by atomic mass is 9.95. The van der Waals surface area contributed by atoms with E-state index in [4.69, 9.17) is 37.9 Å². The van der Waals surface area contributed by atoms with Crippen LogP contribution < -0.4 is 0 Å². The fraction of sp³-hybridized carbons (Fsp3) is 0.321. The molecule has 13 heteroatoms. The largest absolute Gasteiger partial charge is 0.390 e. The molecule has 0 spiro atoms. The molecule has 2 N–H and O–H groups in total. The summed E-state index contributed by atoms with van der Waals surface area (Å²) in [5.74, 6) is 6.16. The van der Waals surface area contributed by atoms with Crippen LogP contribution in [0, 0.1) is 11.8 Å². The topological polar surface area (TPSA) is 163 Å². The van der Waals surface area contributed by atoms with E-state index in [2.05, 4.69) is 21.9 Å². The van der Waals surface area contributed by atoms with Crippen molar-refractivity contribution in [3.63, 3.8) is 0 Å². The van der Waals surface area contributed by atoms with E-state index in [-0.39, 0.29) is 46.2 Å². The van der Waals surface area contributed by atoms with Gasteiger partial charge in [-0.15, -0.1) is 0 Å². The number of aliphatic hydroxyl groups is 2. The van der Waals surface area contributed by atoms with Gasteiger partial charge in [-0.3, -0.25) is 0 Å². The van der Waals surface area contributed by atoms with Gasteiger partial charge in [0.2, 0.25) is 0 Å². The van der Waals surface area contributed by atoms with Gasteiger partial charge in [0.15, 0.2) is 6.29 Å². The highest BCUT2D eigenvalue weighted by Crippen LogP contribution is 2.31. The number of nitrogens with zero attached hydrogens (tertiary/aromatic N) is 3. The Bertz CT molecular complexity index is 2460. The quantitative estimate of drug-likeness (QED) is 0.0245. The van der Waals surface area contributed by atoms with E-state index in [0.29, 0.717) is 0 Å². The highest BCUT2D eigenvalue weighted by molar-refractivity contribution is 5.21. The summed E-state index contributed by atoms with van der Waals surface area (Å²) in [5.41, 5.74) is 15.0. The molecule has 0 aromatic heterocycles. The van der Waals surface area contributed by atoms with Crippen molar-refractivity contribution in [2.45, 2.75) is 101 Å². The second-order valence-corrected chi connectivity index (χ2v) is 16.5. The van der Waals surface area contributed by atoms with Gasteiger partial charge in [-0.25, -0.2) is 0 Å². The first-order chi connectivity index (χ1) is 34.0. The van der Waals surface area contributed by atoms with Crippen LogP contribution in [-0.2, 0) is 77.5 Å². The summed E-state index contributed by atoms with van der Waals surface area (Å²) >= 11 is 0. The predicted molar refractivity (Wildman–Crippen MR) is 260 cm³/mol. The molecule has 0 aliphatic carbocycles. The third-order valence-electron chi connectivity index (χ3n) is 11.5. The Morgan fingerprint density at radius 2 is 0.928 bits per heavy atom. The minimum Gasteiger partial charge on any atom is -0.390 e. The fourth-order valence-electron chi connectivity index (χ4n) is 7.86. The second kappa shape index (κ2) is 27.7. The molecule has 1 heterocycles. The van der Waals surface area contributed by atoms with Crippen LogP contribution in [0.4, 0.5) is 0 Å². The molecule has 13 nitrogen and oxygen atoms in total. The molecule has 358 valence electrons. The van der Waals surface area contributed by atoms with Gasteiger partial charge in [-0.2, -0.15) is 0 Å². The van der Waals surface area contributed by atoms with Gasteiger partial charge < -0.3 is 48.1 Å². The van der Waals surface area contributed by atoms with Gasteiger partial charge in [-0.05, 0) is 38.9 Å². The number of hydrogen-bond donors (Lipinski definition) is 2. The van der Waals surface area contributed by atoms with Crippen LogP contribution in [0.5, 0.6) is 0 Å². The Kier molecular flexibility index (Phi) is 20.3. The van der Waals surface area contributed by atoms with Gasteiger partial charge in [0.05, 0.1) is 58.4 Å². The SMILES string of the molecule is CO[C@H]1O[C@H](C#C[C@H](O)[C@H](OCc2ccccc2)[C@@H](OCc2ccccc2)[C@H](O)[C@@H](COCc2ccccc2)N=[N+]=[N-])[C@@H](OCc2ccccc2)[C@H](OCc2ccccc2)[C@H]1OCc1ccccc1. The molecule has 0 bridgehead atoms. The Morgan fingerprint density at radius 1 is 0.536 bits per heavy atom. The Morgan fingerprint density at radius 3 is 1.36 bits per heavy atom. The summed E-state index contributed by atoms with van der Waals surface area (Å²) in [7, 11) is 1.52. The van der Waals surface area contributed by atoms with E-state index < -0.39 is 61.2 Å². The van der Waals surface area contributed by atoms with Gasteiger partial charge >= 0.3 is 0 Å². The van der Waals surface area contributed by atoms with Gasteiger partial charge in [-0.1, -0.05) is 199 Å². The van der Waals surface area contributed by atoms with E-state index in [1.807, 2.05) is 182 Å². The first-order valence-corrected chi connectivity index (χ1v) is 23.0. The normalized spacial score (nSPS) is 20.0. The summed E-state index contributed by atoms with van der Waals surface area (Å²) in [6.45, 7) is 0.713. The van der Waals surface area contributed by atoms with Crippen molar-refractivity contribution < 1.29 is 48.1 Å². The average molecular weight is 934 g/mol. The minimum absolute atomic E-state index is 0.0170. The van der Waals surface area contributed by atoms with Crippen molar-refractivity contribution >= 4 is 0 Å². The molecule has 1 saturated heterocycles. The second-order valence-electron chi connectivity index (χ2n) is 16.5. The Balaban J connectivity index is 1.23. The number of ether oxygens (including phenoxy) is 8. The number of hydrogen-bond acceptors (Lipinski definition) is 11. The lowest BCUT2D eigenvalue weighted by Crippen LogP contribution is -2.60. The highest BCUT2D eigenvalue weighted by atomic mass is 16.7. The van der Waals surface area contributed by atoms with E-state index >= 15 is 0 Å². The lowest BCUT2D eigenvalue weighted by molar-refractivity contribution is -0.307. The summed E-state index contributed by atoms with van der Waals surface area (Å²) < 4.78 is 51.7. The van der Waals surface area contributed by atoms with Crippen LogP contribution in [0.1, 0.15) is 33.4 Å². The molecule has 0 amide bonds. The molecule has 0 saturated carbocycles. The van der Waals surface area contributed by atoms with Gasteiger partial charge in [0.25, 0.3) is 0 Å². The third-order valence-corrected chi connectivity index (χ3v) is 11.5. The Hall–Kier alpha value is -6.21. The van der Waals surface area contributed by atoms with Crippen LogP contribution in [0.3, 0.4) is 0 Å². The van der Waals surface area contributed by atoms with Crippen molar-refractivity contribution in [1.29, 1.82) is 0 Å². The maximum absolute atomic E-state index is 12.4. The number of rotatable bonds is 25. The van der Waals surface area contributed by atoms with Crippen molar-refractivity contribution in [3.05, 3.63) is 226 Å². The molecule has 69 heavy (non-hydrogen) atoms. The van der Waals surface area contributed by atoms with Crippen molar-refractivity contribution in [1.82, 2.24) is 0 Å². The number of methoxy groups -OCH3 is 1. The van der Waals surface area contributed by atoms with E-state index in [1.54, 1.807) is 0 Å². The van der Waals surface area contributed by atoms with E-state index in [9.17, 15) is 15.7 Å². The fourth-order valence-corrected chi connectivity index (χ4v) is 7.86. The molecule has 10 atom stereocenters. The van der Waals surface area contributed by atoms with E-state index in [1.165, 1.54) is 7.11 Å². The van der Waals surface area contributed by atoms with Crippen molar-refractivity contribution in [2.75, 3.05) is 13.7 Å². The maximum Gasteiger partial charge on any atom is 0.187 e. The Labute approximate surface area is 404 Å². The van der Waals surface area contributed by atoms with Crippen molar-refractivity contribution in [2.24, 2.45) is 5.11 Å². The first kappa shape index (κ1) is 50.7. The van der Waals surface area contributed by atoms with Crippen molar-refractivity contribution in [3.8, 4) is 11.8 Å². The lowest BCUT2D eigenvalue weighted by Gasteiger charge is -2.44. The smallest absolute Gasteiger partial charge is 0.187 e. The number of azide groups is 1. The average Bonchev–Trinajstić information content (AvgIpc) is 3.40. The monoisotopic (exact) mass is 933 g/mol. The molecule has 1 aliphatic rings. The van der Waals surface area contributed by atoms with Crippen LogP contribution in [-0.4, -0.2) is 85.1 Å². The molecule has 7 rings (SSSR count). The standard InChI is InChI=1S/C56H59N3O10/c1-62-56-55(68-39-46-30-18-7-19-31-46)54(67-38-45-28-16-6-17-29-45)52(65-36-43-24-12-4-13-25-43)49(69-56)33-32-48(60)51(64-35-42-22-10-3-11-23-42)53(66-37-44-26-14-5-15-27-44)50(61)47(58-59-57)40-63-34-41-20-8-2-9-21-41/h2-31,47-56,60-61H,34-40H2,1H3/t47-,48+,49-,50-,51+,52-,53+,54+,55-,56+/m1/s1. The molecule has 0 unspecified atom stereocenters. The molecule has 1 fully saturated rings. The summed E-state index contributed by atoms with van der Waals surface area (Å²) in [6.07, 6.45) is -10.3. The van der Waals surface area contributed by atoms with Gasteiger partial charge in [0.1, 0.15) is 42.7 Å². The minimum atomic E-state index is -1.61. The molecular weight excluding hydrogens is 875 g/mol. The zero-order valence-corrected chi connectivity index (χ0v) is 38.5. The number of benzene rings is 6. The molecule has 6 aromatic rings. The predicted octanol–water partition coefficient (Wildman–Crippen LogP) is 8.91. The van der Waals surface area contributed by atoms with E-state index in [0.717, 1.165) is 33.4 Å². The van der Waals surface area contributed by atoms with Gasteiger partial charge in [0, 0.05) is 12.0 Å². The van der Waals surface area contributed by atoms with Crippen LogP contribution in [0.2, 0.25) is 0 Å². The van der Waals surface area contributed by atoms with Crippen LogP contribution in [0.25, 0.3) is 10.4 Å². The third kappa shape index (κ3) is 15.7. The first-order valence-electron chi connectivity index (χ1n) is 23.0. The molecular formula is C56H59N3O10. The van der Waals surface area contributed by atoms with Crippen LogP contribution >= 0.6 is 0 Å². The highest BCUT2D eigenvalue weighted by Gasteiger charge is 2.49. The zero-order valence-electron chi connectivity index (χ0n) is 38.5. The molecule has 1 aliphatic heterocycles. The molecule has 0 radical (unpaired) electrons. The summed E-state index contributed by atoms with van der Waals surface area (Å²) in [5, 5.41) is 28.6. The molecule has 6 aromatic carbocycles. The maximum atomic E-state index is 12.4. The summed E-state index contributed by atoms with van der Waals surface area (Å²) in [4.78, 5) is 3.05.